The average Bonchev–Trinajstić information content (AvgIpc) is 2.82. The van der Waals surface area contributed by atoms with E-state index in [-0.39, 0.29) is 6.23 Å². The van der Waals surface area contributed by atoms with Crippen LogP contribution in [-0.4, -0.2) is 41.3 Å². The predicted octanol–water partition coefficient (Wildman–Crippen LogP) is 3.49. The van der Waals surface area contributed by atoms with Crippen molar-refractivity contribution in [1.29, 1.82) is 0 Å². The van der Waals surface area contributed by atoms with Gasteiger partial charge in [-0.05, 0) is 26.2 Å². The Morgan fingerprint density at radius 3 is 2.53 bits per heavy atom. The van der Waals surface area contributed by atoms with Crippen LogP contribution in [0.3, 0.4) is 0 Å². The van der Waals surface area contributed by atoms with Crippen LogP contribution in [0.5, 0.6) is 0 Å². The van der Waals surface area contributed by atoms with Crippen molar-refractivity contribution < 1.29 is 9.59 Å². The second-order valence-electron chi connectivity index (χ2n) is 5.51. The van der Waals surface area contributed by atoms with Crippen molar-refractivity contribution in [2.24, 2.45) is 4.99 Å². The molecule has 2 unspecified atom stereocenters. The van der Waals surface area contributed by atoms with Crippen molar-refractivity contribution >= 4 is 5.84 Å². The molecule has 0 aromatic carbocycles. The molecule has 110 valence electrons. The molecule has 1 aliphatic heterocycles. The summed E-state index contributed by atoms with van der Waals surface area (Å²) >= 11 is 0. The number of amidine groups is 1. The van der Waals surface area contributed by atoms with Crippen molar-refractivity contribution in [3.63, 3.8) is 0 Å². The Morgan fingerprint density at radius 2 is 1.95 bits per heavy atom. The zero-order valence-corrected chi connectivity index (χ0v) is 12.9. The maximum Gasteiger partial charge on any atom is 0.200 e. The molecule has 0 radical (unpaired) electrons. The second kappa shape index (κ2) is 8.49. The molecule has 0 spiro atoms. The van der Waals surface area contributed by atoms with Crippen LogP contribution in [0, 0.1) is 0 Å². The van der Waals surface area contributed by atoms with E-state index in [1.165, 1.54) is 25.1 Å². The molecule has 0 amide bonds. The molecule has 3 nitrogen and oxygen atoms in total. The number of aliphatic imine (C=N–C) groups is 1. The van der Waals surface area contributed by atoms with Gasteiger partial charge in [0.05, 0.1) is 13.1 Å². The van der Waals surface area contributed by atoms with Gasteiger partial charge in [0.25, 0.3) is 0 Å². The highest BCUT2D eigenvalue weighted by Gasteiger charge is 2.40. The molecule has 1 aliphatic rings. The topological polar surface area (TPSA) is 32.6 Å². The Morgan fingerprint density at radius 1 is 1.26 bits per heavy atom. The Hall–Kier alpha value is -0.670. The molecule has 1 rings (SSSR count). The number of hydrogen-bond donors (Lipinski definition) is 1. The van der Waals surface area contributed by atoms with E-state index < -0.39 is 0 Å². The molecular formula is C16H31N2O+. The molecule has 1 heterocycles. The summed E-state index contributed by atoms with van der Waals surface area (Å²) in [7, 11) is 0. The van der Waals surface area contributed by atoms with Gasteiger partial charge in [0.1, 0.15) is 6.54 Å². The lowest BCUT2D eigenvalue weighted by atomic mass is 10.1. The molecule has 2 atom stereocenters. The minimum absolute atomic E-state index is 0.327. The minimum Gasteiger partial charge on any atom is -0.345 e. The number of hydrogen-bond acceptors (Lipinski definition) is 2. The second-order valence-corrected chi connectivity index (χ2v) is 5.51. The van der Waals surface area contributed by atoms with E-state index in [0.717, 1.165) is 38.9 Å². The summed E-state index contributed by atoms with van der Waals surface area (Å²) in [5.74, 6) is 1.21. The van der Waals surface area contributed by atoms with Gasteiger partial charge in [-0.3, -0.25) is 4.48 Å². The molecule has 0 aliphatic carbocycles. The summed E-state index contributed by atoms with van der Waals surface area (Å²) in [6.45, 7) is 9.07. The largest absolute Gasteiger partial charge is 0.345 e. The van der Waals surface area contributed by atoms with Crippen LogP contribution in [0.15, 0.2) is 17.1 Å². The number of quaternary nitrogens is 1. The number of likely N-dealkylation sites (N-methyl/N-ethyl adjacent to an activating group) is 1. The predicted molar refractivity (Wildman–Crippen MR) is 82.2 cm³/mol. The molecule has 0 saturated carbocycles. The lowest BCUT2D eigenvalue weighted by Crippen LogP contribution is -2.56. The normalized spacial score (nSPS) is 24.9. The van der Waals surface area contributed by atoms with Gasteiger partial charge in [-0.15, -0.1) is 0 Å². The summed E-state index contributed by atoms with van der Waals surface area (Å²) in [5, 5.41) is 10.1. The average molecular weight is 267 g/mol. The molecule has 0 aromatic rings. The third kappa shape index (κ3) is 4.43. The fourth-order valence-corrected chi connectivity index (χ4v) is 2.87. The number of nitrogens with zero attached hydrogens (tertiary/aromatic N) is 2. The van der Waals surface area contributed by atoms with Gasteiger partial charge in [0.15, 0.2) is 6.23 Å². The molecule has 0 saturated heterocycles. The Balaban J connectivity index is 2.34. The van der Waals surface area contributed by atoms with Crippen LogP contribution in [0.2, 0.25) is 0 Å². The SMILES string of the molecule is CCCC/C=C/CCCC1=NCC[N+]1(CC)C(C)O. The Kier molecular flexibility index (Phi) is 7.32. The molecular weight excluding hydrogens is 236 g/mol. The van der Waals surface area contributed by atoms with Crippen LogP contribution in [0.25, 0.3) is 0 Å². The van der Waals surface area contributed by atoms with Crippen molar-refractivity contribution in [3.8, 4) is 0 Å². The smallest absolute Gasteiger partial charge is 0.200 e. The van der Waals surface area contributed by atoms with E-state index in [9.17, 15) is 5.11 Å². The van der Waals surface area contributed by atoms with E-state index >= 15 is 0 Å². The fraction of sp³-hybridized carbons (Fsp3) is 0.812. The first-order chi connectivity index (χ1) is 9.17. The first kappa shape index (κ1) is 16.4. The number of aliphatic hydroxyl groups excluding tert-OH is 1. The highest BCUT2D eigenvalue weighted by atomic mass is 16.3. The third-order valence-electron chi connectivity index (χ3n) is 4.25. The van der Waals surface area contributed by atoms with Crippen LogP contribution in [-0.2, 0) is 0 Å². The van der Waals surface area contributed by atoms with Crippen LogP contribution in [0.4, 0.5) is 0 Å². The van der Waals surface area contributed by atoms with Gasteiger partial charge in [-0.2, -0.15) is 0 Å². The highest BCUT2D eigenvalue weighted by molar-refractivity contribution is 5.76. The van der Waals surface area contributed by atoms with E-state index in [4.69, 9.17) is 0 Å². The Labute approximate surface area is 118 Å². The fourth-order valence-electron chi connectivity index (χ4n) is 2.87. The van der Waals surface area contributed by atoms with Crippen LogP contribution < -0.4 is 0 Å². The Bertz CT molecular complexity index is 310. The van der Waals surface area contributed by atoms with E-state index in [1.807, 2.05) is 6.92 Å². The number of rotatable bonds is 9. The van der Waals surface area contributed by atoms with Crippen molar-refractivity contribution in [3.05, 3.63) is 12.2 Å². The molecule has 0 fully saturated rings. The standard InChI is InChI=1S/C16H31N2O/c1-4-6-7-8-9-10-11-12-16-17-13-14-18(16,5-2)15(3)19/h8-9,15,19H,4-7,10-14H2,1-3H3/q+1/b9-8+. The lowest BCUT2D eigenvalue weighted by Gasteiger charge is -2.36. The molecule has 3 heteroatoms. The van der Waals surface area contributed by atoms with Gasteiger partial charge in [-0.25, -0.2) is 4.99 Å². The number of unbranched alkanes of at least 4 members (excludes halogenated alkanes) is 3. The van der Waals surface area contributed by atoms with Crippen molar-refractivity contribution in [2.75, 3.05) is 19.6 Å². The maximum atomic E-state index is 10.1. The van der Waals surface area contributed by atoms with Crippen molar-refractivity contribution in [2.45, 2.75) is 65.5 Å². The van der Waals surface area contributed by atoms with Gasteiger partial charge in [-0.1, -0.05) is 31.9 Å². The van der Waals surface area contributed by atoms with Crippen LogP contribution >= 0.6 is 0 Å². The van der Waals surface area contributed by atoms with Gasteiger partial charge in [0.2, 0.25) is 5.84 Å². The first-order valence-corrected chi connectivity index (χ1v) is 7.91. The number of allylic oxidation sites excluding steroid dienone is 2. The van der Waals surface area contributed by atoms with Gasteiger partial charge < -0.3 is 5.11 Å². The maximum absolute atomic E-state index is 10.1. The first-order valence-electron chi connectivity index (χ1n) is 7.91. The summed E-state index contributed by atoms with van der Waals surface area (Å²) < 4.78 is 0.694. The monoisotopic (exact) mass is 267 g/mol. The summed E-state index contributed by atoms with van der Waals surface area (Å²) in [5.41, 5.74) is 0. The molecule has 1 N–H and O–H groups in total. The number of aliphatic hydroxyl groups is 1. The quantitative estimate of drug-likeness (QED) is 0.387. The van der Waals surface area contributed by atoms with Crippen LogP contribution in [0.1, 0.15) is 59.3 Å². The van der Waals surface area contributed by atoms with E-state index in [0.29, 0.717) is 4.48 Å². The van der Waals surface area contributed by atoms with Gasteiger partial charge in [0, 0.05) is 13.3 Å². The van der Waals surface area contributed by atoms with E-state index in [2.05, 4.69) is 31.0 Å². The van der Waals surface area contributed by atoms with E-state index in [1.54, 1.807) is 0 Å². The summed E-state index contributed by atoms with van der Waals surface area (Å²) in [6.07, 6.45) is 11.3. The molecule has 0 aromatic heterocycles. The third-order valence-corrected chi connectivity index (χ3v) is 4.25. The minimum atomic E-state index is -0.327. The van der Waals surface area contributed by atoms with Gasteiger partial charge >= 0.3 is 0 Å². The molecule has 19 heavy (non-hydrogen) atoms. The van der Waals surface area contributed by atoms with Crippen molar-refractivity contribution in [1.82, 2.24) is 0 Å². The summed E-state index contributed by atoms with van der Waals surface area (Å²) in [4.78, 5) is 4.63. The zero-order valence-electron chi connectivity index (χ0n) is 12.9. The zero-order chi connectivity index (χ0) is 14.1. The lowest BCUT2D eigenvalue weighted by molar-refractivity contribution is -0.882. The molecule has 0 bridgehead atoms. The summed E-state index contributed by atoms with van der Waals surface area (Å²) in [6, 6.07) is 0. The highest BCUT2D eigenvalue weighted by Crippen LogP contribution is 2.22.